The maximum atomic E-state index is 11.5. The van der Waals surface area contributed by atoms with Crippen LogP contribution >= 0.6 is 0 Å². The van der Waals surface area contributed by atoms with Crippen LogP contribution in [0.2, 0.25) is 0 Å². The summed E-state index contributed by atoms with van der Waals surface area (Å²) in [6, 6.07) is 7.34. The summed E-state index contributed by atoms with van der Waals surface area (Å²) in [5.41, 5.74) is 1.19. The van der Waals surface area contributed by atoms with Gasteiger partial charge >= 0.3 is 11.4 Å². The molecule has 1 N–H and O–H groups in total. The molecule has 0 aliphatic carbocycles. The Hall–Kier alpha value is -0.910. The first kappa shape index (κ1) is 16.5. The molecule has 1 fully saturated rings. The molecular weight excluding hydrogens is 288 g/mol. The predicted molar refractivity (Wildman–Crippen MR) is 83.0 cm³/mol. The Morgan fingerprint density at radius 3 is 2.48 bits per heavy atom. The van der Waals surface area contributed by atoms with E-state index in [0.717, 1.165) is 0 Å². The lowest BCUT2D eigenvalue weighted by Crippen LogP contribution is -2.31. The van der Waals surface area contributed by atoms with Crippen LogP contribution in [0.1, 0.15) is 39.2 Å². The van der Waals surface area contributed by atoms with E-state index in [-0.39, 0.29) is 23.7 Å². The van der Waals surface area contributed by atoms with Gasteiger partial charge in [-0.2, -0.15) is 4.21 Å². The standard InChI is InChI=1S/C16H24O4S/c1-10(14-5-7-15(17)8-6-14)11(2)16-9-19-21(18)20-13(4)12(16)3/h5-8,10-13,16-17H,9H2,1-4H3. The lowest BCUT2D eigenvalue weighted by Gasteiger charge is -2.33. The van der Waals surface area contributed by atoms with E-state index in [1.807, 2.05) is 19.1 Å². The Balaban J connectivity index is 2.15. The normalized spacial score (nSPS) is 33.1. The van der Waals surface area contributed by atoms with Crippen molar-refractivity contribution < 1.29 is 17.7 Å². The van der Waals surface area contributed by atoms with Crippen molar-refractivity contribution >= 4 is 11.4 Å². The minimum absolute atomic E-state index is 0.0900. The molecule has 1 aromatic carbocycles. The van der Waals surface area contributed by atoms with E-state index in [2.05, 4.69) is 20.8 Å². The highest BCUT2D eigenvalue weighted by Crippen LogP contribution is 2.37. The van der Waals surface area contributed by atoms with Gasteiger partial charge in [0.15, 0.2) is 0 Å². The number of phenols is 1. The minimum atomic E-state index is -1.64. The van der Waals surface area contributed by atoms with Gasteiger partial charge in [0.25, 0.3) is 0 Å². The molecule has 0 bridgehead atoms. The van der Waals surface area contributed by atoms with Crippen LogP contribution in [0.15, 0.2) is 24.3 Å². The third kappa shape index (κ3) is 3.84. The number of rotatable bonds is 3. The molecule has 0 aromatic heterocycles. The molecule has 1 aromatic rings. The van der Waals surface area contributed by atoms with Crippen LogP contribution in [-0.4, -0.2) is 22.0 Å². The van der Waals surface area contributed by atoms with E-state index in [1.165, 1.54) is 5.56 Å². The minimum Gasteiger partial charge on any atom is -0.508 e. The van der Waals surface area contributed by atoms with Crippen LogP contribution in [0.4, 0.5) is 0 Å². The maximum absolute atomic E-state index is 11.5. The summed E-state index contributed by atoms with van der Waals surface area (Å²) in [4.78, 5) is 0. The van der Waals surface area contributed by atoms with E-state index < -0.39 is 11.4 Å². The number of hydrogen-bond donors (Lipinski definition) is 1. The quantitative estimate of drug-likeness (QED) is 0.929. The van der Waals surface area contributed by atoms with Crippen molar-refractivity contribution in [2.75, 3.05) is 6.61 Å². The molecule has 5 heteroatoms. The second-order valence-electron chi connectivity index (χ2n) is 6.05. The Labute approximate surface area is 129 Å². The second kappa shape index (κ2) is 6.90. The van der Waals surface area contributed by atoms with Crippen molar-refractivity contribution in [3.8, 4) is 5.75 Å². The highest BCUT2D eigenvalue weighted by atomic mass is 32.2. The molecule has 4 nitrogen and oxygen atoms in total. The van der Waals surface area contributed by atoms with Gasteiger partial charge in [-0.25, -0.2) is 0 Å². The van der Waals surface area contributed by atoms with Crippen molar-refractivity contribution in [3.05, 3.63) is 29.8 Å². The Kier molecular flexibility index (Phi) is 5.41. The number of hydrogen-bond acceptors (Lipinski definition) is 4. The zero-order valence-corrected chi connectivity index (χ0v) is 13.8. The molecule has 1 saturated heterocycles. The molecule has 6 unspecified atom stereocenters. The van der Waals surface area contributed by atoms with Crippen LogP contribution in [-0.2, 0) is 19.7 Å². The van der Waals surface area contributed by atoms with Crippen LogP contribution in [0.25, 0.3) is 0 Å². The molecule has 6 atom stereocenters. The zero-order valence-electron chi connectivity index (χ0n) is 13.0. The fraction of sp³-hybridized carbons (Fsp3) is 0.625. The molecular formula is C16H24O4S. The topological polar surface area (TPSA) is 55.8 Å². The smallest absolute Gasteiger partial charge is 0.304 e. The average molecular weight is 312 g/mol. The summed E-state index contributed by atoms with van der Waals surface area (Å²) < 4.78 is 22.1. The maximum Gasteiger partial charge on any atom is 0.304 e. The van der Waals surface area contributed by atoms with E-state index in [1.54, 1.807) is 12.1 Å². The molecule has 0 spiro atoms. The molecule has 0 saturated carbocycles. The summed E-state index contributed by atoms with van der Waals surface area (Å²) >= 11 is -1.64. The van der Waals surface area contributed by atoms with Crippen molar-refractivity contribution in [2.45, 2.75) is 39.7 Å². The van der Waals surface area contributed by atoms with Crippen LogP contribution in [0, 0.1) is 17.8 Å². The summed E-state index contributed by atoms with van der Waals surface area (Å²) in [5.74, 6) is 1.49. The fourth-order valence-electron chi connectivity index (χ4n) is 2.96. The van der Waals surface area contributed by atoms with E-state index in [9.17, 15) is 9.32 Å². The second-order valence-corrected chi connectivity index (χ2v) is 6.89. The zero-order chi connectivity index (χ0) is 15.6. The van der Waals surface area contributed by atoms with Gasteiger partial charge in [0.1, 0.15) is 5.75 Å². The summed E-state index contributed by atoms with van der Waals surface area (Å²) in [6.45, 7) is 8.89. The van der Waals surface area contributed by atoms with Crippen molar-refractivity contribution in [3.63, 3.8) is 0 Å². The monoisotopic (exact) mass is 312 g/mol. The number of aromatic hydroxyl groups is 1. The number of phenolic OH excluding ortho intramolecular Hbond substituents is 1. The van der Waals surface area contributed by atoms with Gasteiger partial charge in [-0.15, -0.1) is 0 Å². The first-order valence-electron chi connectivity index (χ1n) is 7.41. The largest absolute Gasteiger partial charge is 0.508 e. The van der Waals surface area contributed by atoms with E-state index >= 15 is 0 Å². The molecule has 0 radical (unpaired) electrons. The van der Waals surface area contributed by atoms with Gasteiger partial charge in [0.05, 0.1) is 12.7 Å². The lowest BCUT2D eigenvalue weighted by molar-refractivity contribution is 0.108. The van der Waals surface area contributed by atoms with Gasteiger partial charge in [-0.1, -0.05) is 32.9 Å². The third-order valence-electron chi connectivity index (χ3n) is 4.89. The van der Waals surface area contributed by atoms with Crippen molar-refractivity contribution in [1.29, 1.82) is 0 Å². The molecule has 118 valence electrons. The van der Waals surface area contributed by atoms with Crippen LogP contribution in [0.5, 0.6) is 5.75 Å². The Bertz CT molecular complexity index is 488. The van der Waals surface area contributed by atoms with Crippen LogP contribution < -0.4 is 0 Å². The molecule has 0 amide bonds. The SMILES string of the molecule is CC1OS(=O)OCC(C(C)C(C)c2ccc(O)cc2)C1C. The van der Waals surface area contributed by atoms with Crippen LogP contribution in [0.3, 0.4) is 0 Å². The van der Waals surface area contributed by atoms with Crippen molar-refractivity contribution in [2.24, 2.45) is 17.8 Å². The van der Waals surface area contributed by atoms with Gasteiger partial charge in [0, 0.05) is 0 Å². The highest BCUT2D eigenvalue weighted by molar-refractivity contribution is 7.75. The number of benzene rings is 1. The molecule has 1 aliphatic rings. The van der Waals surface area contributed by atoms with Gasteiger partial charge < -0.3 is 5.11 Å². The lowest BCUT2D eigenvalue weighted by atomic mass is 9.74. The van der Waals surface area contributed by atoms with Gasteiger partial charge in [0.2, 0.25) is 0 Å². The summed E-state index contributed by atoms with van der Waals surface area (Å²) in [5, 5.41) is 9.40. The van der Waals surface area contributed by atoms with E-state index in [0.29, 0.717) is 18.4 Å². The fourth-order valence-corrected chi connectivity index (χ4v) is 3.70. The summed E-state index contributed by atoms with van der Waals surface area (Å²) in [7, 11) is 0. The van der Waals surface area contributed by atoms with Crippen molar-refractivity contribution in [1.82, 2.24) is 0 Å². The molecule has 1 heterocycles. The average Bonchev–Trinajstić information content (AvgIpc) is 2.58. The summed E-state index contributed by atoms with van der Waals surface area (Å²) in [6.07, 6.45) is -0.0900. The van der Waals surface area contributed by atoms with Gasteiger partial charge in [-0.05, 0) is 48.3 Å². The molecule has 1 aliphatic heterocycles. The first-order valence-corrected chi connectivity index (χ1v) is 8.41. The Morgan fingerprint density at radius 1 is 1.24 bits per heavy atom. The molecule has 21 heavy (non-hydrogen) atoms. The third-order valence-corrected chi connectivity index (χ3v) is 5.67. The predicted octanol–water partition coefficient (Wildman–Crippen LogP) is 3.40. The highest BCUT2D eigenvalue weighted by Gasteiger charge is 2.35. The van der Waals surface area contributed by atoms with E-state index in [4.69, 9.17) is 8.37 Å². The van der Waals surface area contributed by atoms with Gasteiger partial charge in [-0.3, -0.25) is 8.37 Å². The molecule has 2 rings (SSSR count). The Morgan fingerprint density at radius 2 is 1.86 bits per heavy atom. The first-order chi connectivity index (χ1) is 9.90.